The van der Waals surface area contributed by atoms with Crippen LogP contribution in [0.2, 0.25) is 0 Å². The lowest BCUT2D eigenvalue weighted by Gasteiger charge is -2.01. The summed E-state index contributed by atoms with van der Waals surface area (Å²) in [6, 6.07) is 0. The van der Waals surface area contributed by atoms with E-state index in [0.717, 1.165) is 10.2 Å². The molecule has 0 saturated carbocycles. The molecule has 0 aliphatic rings. The minimum atomic E-state index is -0.770. The second kappa shape index (κ2) is 4.57. The Morgan fingerprint density at radius 1 is 1.77 bits per heavy atom. The number of carboxylic acid groups (broad SMARTS) is 1. The largest absolute Gasteiger partial charge is 0.481 e. The Hall–Kier alpha value is -0.620. The van der Waals surface area contributed by atoms with E-state index < -0.39 is 5.97 Å². The van der Waals surface area contributed by atoms with E-state index in [-0.39, 0.29) is 5.92 Å². The van der Waals surface area contributed by atoms with E-state index >= 15 is 0 Å². The van der Waals surface area contributed by atoms with Crippen LogP contribution in [0.1, 0.15) is 12.7 Å². The summed E-state index contributed by atoms with van der Waals surface area (Å²) in [5, 5.41) is 8.62. The maximum atomic E-state index is 10.5. The quantitative estimate of drug-likeness (QED) is 0.779. The minimum absolute atomic E-state index is 0.339. The van der Waals surface area contributed by atoms with Crippen LogP contribution in [0.15, 0.2) is 4.34 Å². The van der Waals surface area contributed by atoms with Gasteiger partial charge in [-0.25, -0.2) is 4.98 Å². The number of hydrogen-bond donors (Lipinski definition) is 1. The van der Waals surface area contributed by atoms with E-state index in [0.29, 0.717) is 5.75 Å². The van der Waals surface area contributed by atoms with Crippen LogP contribution >= 0.6 is 23.3 Å². The van der Waals surface area contributed by atoms with E-state index in [1.807, 2.05) is 6.92 Å². The van der Waals surface area contributed by atoms with Crippen LogP contribution in [0.25, 0.3) is 0 Å². The average Bonchev–Trinajstić information content (AvgIpc) is 2.47. The number of aryl methyl sites for hydroxylation is 1. The summed E-state index contributed by atoms with van der Waals surface area (Å²) in [7, 11) is 0. The van der Waals surface area contributed by atoms with Gasteiger partial charge in [0.25, 0.3) is 0 Å². The van der Waals surface area contributed by atoms with Crippen molar-refractivity contribution < 1.29 is 9.90 Å². The molecule has 0 fully saturated rings. The molecule has 6 heteroatoms. The van der Waals surface area contributed by atoms with Crippen molar-refractivity contribution >= 4 is 29.3 Å². The second-order valence-electron chi connectivity index (χ2n) is 2.66. The second-order valence-corrected chi connectivity index (χ2v) is 4.68. The van der Waals surface area contributed by atoms with E-state index in [1.165, 1.54) is 23.3 Å². The third kappa shape index (κ3) is 3.31. The van der Waals surface area contributed by atoms with Crippen LogP contribution in [0.3, 0.4) is 0 Å². The van der Waals surface area contributed by atoms with Crippen LogP contribution in [0.4, 0.5) is 0 Å². The molecule has 0 aromatic carbocycles. The smallest absolute Gasteiger partial charge is 0.307 e. The van der Waals surface area contributed by atoms with Crippen molar-refractivity contribution in [2.75, 3.05) is 5.75 Å². The minimum Gasteiger partial charge on any atom is -0.481 e. The monoisotopic (exact) mass is 218 g/mol. The molecule has 0 aliphatic heterocycles. The molecule has 1 heterocycles. The van der Waals surface area contributed by atoms with Gasteiger partial charge in [0.1, 0.15) is 5.82 Å². The summed E-state index contributed by atoms with van der Waals surface area (Å²) in [6.45, 7) is 3.50. The summed E-state index contributed by atoms with van der Waals surface area (Å²) < 4.78 is 4.84. The summed E-state index contributed by atoms with van der Waals surface area (Å²) in [5.74, 6) is 0.183. The maximum Gasteiger partial charge on any atom is 0.307 e. The molecule has 0 bridgehead atoms. The highest BCUT2D eigenvalue weighted by Gasteiger charge is 2.12. The number of thioether (sulfide) groups is 1. The summed E-state index contributed by atoms with van der Waals surface area (Å²) in [5.41, 5.74) is 0. The first-order valence-corrected chi connectivity index (χ1v) is 5.51. The Balaban J connectivity index is 2.39. The molecule has 0 aliphatic carbocycles. The van der Waals surface area contributed by atoms with Crippen molar-refractivity contribution in [2.45, 2.75) is 18.2 Å². The van der Waals surface area contributed by atoms with Gasteiger partial charge >= 0.3 is 5.97 Å². The van der Waals surface area contributed by atoms with E-state index in [4.69, 9.17) is 5.11 Å². The molecule has 13 heavy (non-hydrogen) atoms. The zero-order chi connectivity index (χ0) is 9.84. The molecule has 1 aromatic heterocycles. The first kappa shape index (κ1) is 10.5. The van der Waals surface area contributed by atoms with Gasteiger partial charge in [-0.15, -0.1) is 0 Å². The average molecular weight is 218 g/mol. The molecule has 1 aromatic rings. The Bertz CT molecular complexity index is 300. The van der Waals surface area contributed by atoms with Crippen LogP contribution in [-0.4, -0.2) is 26.2 Å². The fourth-order valence-electron chi connectivity index (χ4n) is 0.604. The number of carbonyl (C=O) groups is 1. The molecule has 1 atom stereocenters. The summed E-state index contributed by atoms with van der Waals surface area (Å²) >= 11 is 2.75. The molecule has 72 valence electrons. The summed E-state index contributed by atoms with van der Waals surface area (Å²) in [6.07, 6.45) is 0. The van der Waals surface area contributed by atoms with Crippen molar-refractivity contribution in [3.63, 3.8) is 0 Å². The van der Waals surface area contributed by atoms with Gasteiger partial charge in [0.2, 0.25) is 0 Å². The zero-order valence-corrected chi connectivity index (χ0v) is 8.98. The van der Waals surface area contributed by atoms with Crippen molar-refractivity contribution in [3.05, 3.63) is 5.82 Å². The maximum absolute atomic E-state index is 10.5. The van der Waals surface area contributed by atoms with Crippen LogP contribution in [0, 0.1) is 12.8 Å². The fraction of sp³-hybridized carbons (Fsp3) is 0.571. The fourth-order valence-corrected chi connectivity index (χ4v) is 2.29. The van der Waals surface area contributed by atoms with E-state index in [9.17, 15) is 4.79 Å². The van der Waals surface area contributed by atoms with E-state index in [2.05, 4.69) is 9.36 Å². The van der Waals surface area contributed by atoms with Gasteiger partial charge in [-0.3, -0.25) is 4.79 Å². The Morgan fingerprint density at radius 3 is 2.92 bits per heavy atom. The van der Waals surface area contributed by atoms with Crippen molar-refractivity contribution in [1.29, 1.82) is 0 Å². The van der Waals surface area contributed by atoms with Gasteiger partial charge in [-0.1, -0.05) is 18.7 Å². The molecule has 4 nitrogen and oxygen atoms in total. The molecule has 0 amide bonds. The number of rotatable bonds is 4. The highest BCUT2D eigenvalue weighted by atomic mass is 32.2. The Labute approximate surface area is 84.6 Å². The molecule has 1 unspecified atom stereocenters. The zero-order valence-electron chi connectivity index (χ0n) is 7.35. The predicted octanol–water partition coefficient (Wildman–Crippen LogP) is 1.66. The lowest BCUT2D eigenvalue weighted by molar-refractivity contribution is -0.140. The van der Waals surface area contributed by atoms with Gasteiger partial charge in [0.05, 0.1) is 5.92 Å². The number of carboxylic acids is 1. The Morgan fingerprint density at radius 2 is 2.46 bits per heavy atom. The third-order valence-electron chi connectivity index (χ3n) is 1.39. The molecule has 0 radical (unpaired) electrons. The van der Waals surface area contributed by atoms with Crippen LogP contribution in [-0.2, 0) is 4.79 Å². The van der Waals surface area contributed by atoms with Crippen molar-refractivity contribution in [3.8, 4) is 0 Å². The standard InChI is InChI=1S/C7H10N2O2S2/c1-4(6(10)11)3-12-7-8-5(2)9-13-7/h4H,3H2,1-2H3,(H,10,11). The lowest BCUT2D eigenvalue weighted by atomic mass is 10.2. The van der Waals surface area contributed by atoms with Gasteiger partial charge in [-0.2, -0.15) is 4.37 Å². The first-order chi connectivity index (χ1) is 6.09. The van der Waals surface area contributed by atoms with Crippen molar-refractivity contribution in [2.24, 2.45) is 5.92 Å². The molecule has 0 saturated heterocycles. The van der Waals surface area contributed by atoms with Gasteiger partial charge in [0, 0.05) is 5.75 Å². The van der Waals surface area contributed by atoms with Crippen LogP contribution < -0.4 is 0 Å². The number of aromatic nitrogens is 2. The third-order valence-corrected chi connectivity index (χ3v) is 3.57. The summed E-state index contributed by atoms with van der Waals surface area (Å²) in [4.78, 5) is 14.6. The molecular formula is C7H10N2O2S2. The normalized spacial score (nSPS) is 12.8. The molecule has 0 spiro atoms. The Kier molecular flexibility index (Phi) is 3.68. The molecule has 1 rings (SSSR count). The lowest BCUT2D eigenvalue weighted by Crippen LogP contribution is -2.11. The first-order valence-electron chi connectivity index (χ1n) is 3.75. The van der Waals surface area contributed by atoms with Gasteiger partial charge in [0.15, 0.2) is 4.34 Å². The number of aliphatic carboxylic acids is 1. The highest BCUT2D eigenvalue weighted by molar-refractivity contribution is 8.00. The number of hydrogen-bond acceptors (Lipinski definition) is 5. The highest BCUT2D eigenvalue weighted by Crippen LogP contribution is 2.22. The SMILES string of the molecule is Cc1nsc(SCC(C)C(=O)O)n1. The topological polar surface area (TPSA) is 63.1 Å². The molecular weight excluding hydrogens is 208 g/mol. The number of nitrogens with zero attached hydrogens (tertiary/aromatic N) is 2. The van der Waals surface area contributed by atoms with Gasteiger partial charge in [-0.05, 0) is 18.5 Å². The predicted molar refractivity (Wildman–Crippen MR) is 52.2 cm³/mol. The van der Waals surface area contributed by atoms with Crippen LogP contribution in [0.5, 0.6) is 0 Å². The van der Waals surface area contributed by atoms with E-state index in [1.54, 1.807) is 6.92 Å². The van der Waals surface area contributed by atoms with Gasteiger partial charge < -0.3 is 5.11 Å². The van der Waals surface area contributed by atoms with Crippen molar-refractivity contribution in [1.82, 2.24) is 9.36 Å². The molecule has 1 N–H and O–H groups in total.